The van der Waals surface area contributed by atoms with Crippen molar-refractivity contribution in [1.82, 2.24) is 5.32 Å². The standard InChI is InChI=1S/C11H17NO6.C2H6/c1-6(12-4)9(17-7(2)13)10(11(15)16-5)18-8(3)14;1-2/h9-10,12H,1H2,2-5H3;1-2H3/t9-,10+;/m0./s1. The fourth-order valence-electron chi connectivity index (χ4n) is 1.17. The van der Waals surface area contributed by atoms with Crippen LogP contribution in [0.3, 0.4) is 0 Å². The molecule has 0 bridgehead atoms. The monoisotopic (exact) mass is 289 g/mol. The zero-order valence-electron chi connectivity index (χ0n) is 12.8. The van der Waals surface area contributed by atoms with Crippen LogP contribution in [0.2, 0.25) is 0 Å². The Hall–Kier alpha value is -2.05. The summed E-state index contributed by atoms with van der Waals surface area (Å²) in [4.78, 5) is 33.5. The number of ether oxygens (including phenoxy) is 3. The maximum atomic E-state index is 11.5. The zero-order chi connectivity index (χ0) is 16.3. The van der Waals surface area contributed by atoms with Crippen molar-refractivity contribution >= 4 is 17.9 Å². The molecule has 0 aliphatic heterocycles. The lowest BCUT2D eigenvalue weighted by Gasteiger charge is -2.25. The maximum Gasteiger partial charge on any atom is 0.351 e. The van der Waals surface area contributed by atoms with Gasteiger partial charge in [0.25, 0.3) is 0 Å². The Balaban J connectivity index is 0. The molecule has 0 heterocycles. The van der Waals surface area contributed by atoms with Gasteiger partial charge < -0.3 is 19.5 Å². The Morgan fingerprint density at radius 2 is 1.40 bits per heavy atom. The highest BCUT2D eigenvalue weighted by Gasteiger charge is 2.36. The molecule has 0 saturated heterocycles. The summed E-state index contributed by atoms with van der Waals surface area (Å²) < 4.78 is 14.2. The Labute approximate surface area is 119 Å². The van der Waals surface area contributed by atoms with Crippen molar-refractivity contribution in [3.8, 4) is 0 Å². The van der Waals surface area contributed by atoms with Gasteiger partial charge in [-0.05, 0) is 0 Å². The second-order valence-corrected chi connectivity index (χ2v) is 3.36. The molecule has 2 atom stereocenters. The van der Waals surface area contributed by atoms with Gasteiger partial charge >= 0.3 is 17.9 Å². The van der Waals surface area contributed by atoms with Crippen molar-refractivity contribution < 1.29 is 28.6 Å². The van der Waals surface area contributed by atoms with Crippen LogP contribution in [-0.4, -0.2) is 44.3 Å². The number of hydrogen-bond donors (Lipinski definition) is 1. The summed E-state index contributed by atoms with van der Waals surface area (Å²) >= 11 is 0. The number of carbonyl (C=O) groups excluding carboxylic acids is 3. The summed E-state index contributed by atoms with van der Waals surface area (Å²) in [6, 6.07) is 0. The van der Waals surface area contributed by atoms with E-state index in [1.165, 1.54) is 7.05 Å². The molecule has 0 aromatic heterocycles. The quantitative estimate of drug-likeness (QED) is 0.570. The lowest BCUT2D eigenvalue weighted by molar-refractivity contribution is -0.177. The van der Waals surface area contributed by atoms with Gasteiger partial charge in [0.1, 0.15) is 0 Å². The normalized spacial score (nSPS) is 11.9. The van der Waals surface area contributed by atoms with Gasteiger partial charge in [0.15, 0.2) is 6.10 Å². The first-order valence-corrected chi connectivity index (χ1v) is 6.12. The number of esters is 3. The Morgan fingerprint density at radius 1 is 1.00 bits per heavy atom. The van der Waals surface area contributed by atoms with Crippen molar-refractivity contribution in [1.29, 1.82) is 0 Å². The molecule has 0 aromatic rings. The second kappa shape index (κ2) is 10.8. The average Bonchev–Trinajstić information content (AvgIpc) is 2.42. The predicted molar refractivity (Wildman–Crippen MR) is 72.7 cm³/mol. The Morgan fingerprint density at radius 3 is 1.70 bits per heavy atom. The molecule has 1 N–H and O–H groups in total. The fourth-order valence-corrected chi connectivity index (χ4v) is 1.17. The number of methoxy groups -OCH3 is 1. The van der Waals surface area contributed by atoms with Gasteiger partial charge in [-0.3, -0.25) is 9.59 Å². The van der Waals surface area contributed by atoms with Crippen molar-refractivity contribution in [3.63, 3.8) is 0 Å². The number of nitrogens with one attached hydrogen (secondary N) is 1. The van der Waals surface area contributed by atoms with Crippen molar-refractivity contribution in [3.05, 3.63) is 12.3 Å². The van der Waals surface area contributed by atoms with Gasteiger partial charge in [-0.2, -0.15) is 0 Å². The third-order valence-electron chi connectivity index (χ3n) is 1.96. The molecule has 0 fully saturated rings. The summed E-state index contributed by atoms with van der Waals surface area (Å²) in [5, 5.41) is 2.63. The lowest BCUT2D eigenvalue weighted by atomic mass is 10.1. The minimum Gasteiger partial charge on any atom is -0.466 e. The van der Waals surface area contributed by atoms with Crippen LogP contribution in [0.5, 0.6) is 0 Å². The molecular formula is C13H23NO6. The first kappa shape index (κ1) is 20.3. The number of rotatable bonds is 6. The van der Waals surface area contributed by atoms with Crippen LogP contribution >= 0.6 is 0 Å². The molecule has 0 spiro atoms. The van der Waals surface area contributed by atoms with E-state index in [1.54, 1.807) is 0 Å². The van der Waals surface area contributed by atoms with Crippen LogP contribution in [-0.2, 0) is 28.6 Å². The summed E-state index contributed by atoms with van der Waals surface area (Å²) in [6.07, 6.45) is -2.54. The third-order valence-corrected chi connectivity index (χ3v) is 1.96. The molecule has 0 aromatic carbocycles. The van der Waals surface area contributed by atoms with Gasteiger partial charge in [0.2, 0.25) is 6.10 Å². The Bertz CT molecular complexity index is 319. The van der Waals surface area contributed by atoms with Gasteiger partial charge in [-0.1, -0.05) is 20.4 Å². The summed E-state index contributed by atoms with van der Waals surface area (Å²) in [6.45, 7) is 9.88. The van der Waals surface area contributed by atoms with Crippen molar-refractivity contribution in [2.75, 3.05) is 14.2 Å². The molecule has 7 nitrogen and oxygen atoms in total. The largest absolute Gasteiger partial charge is 0.466 e. The van der Waals surface area contributed by atoms with E-state index < -0.39 is 30.1 Å². The highest BCUT2D eigenvalue weighted by atomic mass is 16.6. The average molecular weight is 289 g/mol. The minimum absolute atomic E-state index is 0.210. The number of likely N-dealkylation sites (N-methyl/N-ethyl adjacent to an activating group) is 1. The van der Waals surface area contributed by atoms with E-state index >= 15 is 0 Å². The molecule has 7 heteroatoms. The Kier molecular flexibility index (Phi) is 11.0. The molecule has 0 radical (unpaired) electrons. The van der Waals surface area contributed by atoms with E-state index in [4.69, 9.17) is 9.47 Å². The van der Waals surface area contributed by atoms with E-state index in [1.807, 2.05) is 13.8 Å². The SMILES string of the molecule is C=C(NC)[C@H](OC(C)=O)[C@@H](OC(C)=O)C(=O)OC.CC. The molecule has 0 rings (SSSR count). The summed E-state index contributed by atoms with van der Waals surface area (Å²) in [5.74, 6) is -2.18. The molecule has 0 aliphatic carbocycles. The molecule has 0 unspecified atom stereocenters. The predicted octanol–water partition coefficient (Wildman–Crippen LogP) is 0.782. The molecule has 0 aliphatic rings. The van der Waals surface area contributed by atoms with Gasteiger partial charge in [-0.15, -0.1) is 0 Å². The number of hydrogen-bond acceptors (Lipinski definition) is 7. The maximum absolute atomic E-state index is 11.5. The molecule has 0 saturated carbocycles. The highest BCUT2D eigenvalue weighted by Crippen LogP contribution is 2.13. The van der Waals surface area contributed by atoms with Crippen LogP contribution in [0.4, 0.5) is 0 Å². The molecular weight excluding hydrogens is 266 g/mol. The lowest BCUT2D eigenvalue weighted by Crippen LogP contribution is -2.44. The minimum atomic E-state index is -1.39. The van der Waals surface area contributed by atoms with Gasteiger partial charge in [-0.25, -0.2) is 4.79 Å². The first-order chi connectivity index (χ1) is 9.33. The van der Waals surface area contributed by atoms with E-state index in [2.05, 4.69) is 16.6 Å². The van der Waals surface area contributed by atoms with Crippen LogP contribution in [0.25, 0.3) is 0 Å². The smallest absolute Gasteiger partial charge is 0.351 e. The summed E-state index contributed by atoms with van der Waals surface area (Å²) in [5.41, 5.74) is 0.210. The first-order valence-electron chi connectivity index (χ1n) is 6.12. The van der Waals surface area contributed by atoms with E-state index in [-0.39, 0.29) is 5.70 Å². The topological polar surface area (TPSA) is 90.9 Å². The van der Waals surface area contributed by atoms with E-state index in [0.717, 1.165) is 21.0 Å². The zero-order valence-corrected chi connectivity index (χ0v) is 12.8. The van der Waals surface area contributed by atoms with E-state index in [0.29, 0.717) is 0 Å². The number of carbonyl (C=O) groups is 3. The van der Waals surface area contributed by atoms with Crippen LogP contribution < -0.4 is 5.32 Å². The molecule has 116 valence electrons. The van der Waals surface area contributed by atoms with Crippen LogP contribution in [0.1, 0.15) is 27.7 Å². The molecule has 20 heavy (non-hydrogen) atoms. The highest BCUT2D eigenvalue weighted by molar-refractivity contribution is 5.80. The van der Waals surface area contributed by atoms with Crippen LogP contribution in [0, 0.1) is 0 Å². The third kappa shape index (κ3) is 7.40. The van der Waals surface area contributed by atoms with Crippen molar-refractivity contribution in [2.24, 2.45) is 0 Å². The van der Waals surface area contributed by atoms with Crippen molar-refractivity contribution in [2.45, 2.75) is 39.9 Å². The van der Waals surface area contributed by atoms with E-state index in [9.17, 15) is 14.4 Å². The van der Waals surface area contributed by atoms with Gasteiger partial charge in [0.05, 0.1) is 7.11 Å². The fraction of sp³-hybridized carbons (Fsp3) is 0.615. The summed E-state index contributed by atoms with van der Waals surface area (Å²) in [7, 11) is 2.66. The molecule has 0 amide bonds. The van der Waals surface area contributed by atoms with Gasteiger partial charge in [0, 0.05) is 26.6 Å². The second-order valence-electron chi connectivity index (χ2n) is 3.36. The van der Waals surface area contributed by atoms with Crippen LogP contribution in [0.15, 0.2) is 12.3 Å².